The average Bonchev–Trinajstić information content (AvgIpc) is 2.70. The van der Waals surface area contributed by atoms with Gasteiger partial charge in [0.05, 0.1) is 12.6 Å². The van der Waals surface area contributed by atoms with Crippen molar-refractivity contribution in [3.05, 3.63) is 35.9 Å². The molecule has 0 saturated carbocycles. The zero-order valence-corrected chi connectivity index (χ0v) is 13.6. The Morgan fingerprint density at radius 2 is 1.78 bits per heavy atom. The number of ether oxygens (including phenoxy) is 2. The van der Waals surface area contributed by atoms with Gasteiger partial charge in [-0.05, 0) is 26.3 Å². The second kappa shape index (κ2) is 5.91. The second-order valence-electron chi connectivity index (χ2n) is 5.99. The Morgan fingerprint density at radius 3 is 2.35 bits per heavy atom. The highest BCUT2D eigenvalue weighted by atomic mass is 16.6. The monoisotopic (exact) mass is 320 g/mol. The number of carbonyl (C=O) groups excluding carboxylic acids is 3. The van der Waals surface area contributed by atoms with Crippen molar-refractivity contribution in [3.8, 4) is 0 Å². The van der Waals surface area contributed by atoms with Crippen LogP contribution in [-0.4, -0.2) is 41.2 Å². The average molecular weight is 320 g/mol. The summed E-state index contributed by atoms with van der Waals surface area (Å²) in [5, 5.41) is 2.61. The van der Waals surface area contributed by atoms with Gasteiger partial charge in [0.15, 0.2) is 5.54 Å². The third-order valence-corrected chi connectivity index (χ3v) is 4.26. The lowest BCUT2D eigenvalue weighted by atomic mass is 9.82. The van der Waals surface area contributed by atoms with E-state index < -0.39 is 29.2 Å². The predicted octanol–water partition coefficient (Wildman–Crippen LogP) is 2.06. The molecule has 1 atom stereocenters. The summed E-state index contributed by atoms with van der Waals surface area (Å²) in [7, 11) is 1.21. The topological polar surface area (TPSA) is 84.9 Å². The van der Waals surface area contributed by atoms with Crippen LogP contribution in [0.15, 0.2) is 30.3 Å². The molecule has 0 aromatic heterocycles. The van der Waals surface area contributed by atoms with Crippen molar-refractivity contribution in [1.82, 2.24) is 10.2 Å². The molecule has 0 bridgehead atoms. The van der Waals surface area contributed by atoms with Crippen molar-refractivity contribution in [3.63, 3.8) is 0 Å². The third kappa shape index (κ3) is 2.74. The van der Waals surface area contributed by atoms with E-state index in [1.54, 1.807) is 26.0 Å². The zero-order chi connectivity index (χ0) is 17.3. The standard InChI is InChI=1S/C16H20N2O5/c1-15(2)16(3,12(19)22-4)18(13(20)17-15)14(21)23-10-11-8-6-5-7-9-11/h5-9H,10H2,1-4H3,(H,17,20). The van der Waals surface area contributed by atoms with Gasteiger partial charge in [0, 0.05) is 0 Å². The number of hydrogen-bond acceptors (Lipinski definition) is 5. The molecule has 1 aliphatic rings. The van der Waals surface area contributed by atoms with Gasteiger partial charge in [-0.3, -0.25) is 0 Å². The summed E-state index contributed by atoms with van der Waals surface area (Å²) < 4.78 is 9.97. The highest BCUT2D eigenvalue weighted by Gasteiger charge is 2.63. The van der Waals surface area contributed by atoms with Gasteiger partial charge in [-0.1, -0.05) is 30.3 Å². The Kier molecular flexibility index (Phi) is 4.31. The molecule has 2 rings (SSSR count). The summed E-state index contributed by atoms with van der Waals surface area (Å²) in [5.74, 6) is -0.697. The maximum atomic E-state index is 12.4. The molecule has 0 radical (unpaired) electrons. The van der Waals surface area contributed by atoms with Crippen LogP contribution in [0.4, 0.5) is 9.59 Å². The largest absolute Gasteiger partial charge is 0.467 e. The Bertz CT molecular complexity index is 629. The zero-order valence-electron chi connectivity index (χ0n) is 13.6. The van der Waals surface area contributed by atoms with Gasteiger partial charge < -0.3 is 14.8 Å². The van der Waals surface area contributed by atoms with Crippen molar-refractivity contribution in [2.45, 2.75) is 38.5 Å². The SMILES string of the molecule is COC(=O)C1(C)N(C(=O)OCc2ccccc2)C(=O)NC1(C)C. The highest BCUT2D eigenvalue weighted by molar-refractivity contribution is 6.02. The summed E-state index contributed by atoms with van der Waals surface area (Å²) in [5.41, 5.74) is -1.73. The number of esters is 1. The van der Waals surface area contributed by atoms with Crippen molar-refractivity contribution < 1.29 is 23.9 Å². The first-order valence-electron chi connectivity index (χ1n) is 7.15. The molecule has 23 heavy (non-hydrogen) atoms. The third-order valence-electron chi connectivity index (χ3n) is 4.26. The van der Waals surface area contributed by atoms with Gasteiger partial charge in [0.1, 0.15) is 6.61 Å². The fourth-order valence-electron chi connectivity index (χ4n) is 2.52. The molecule has 1 saturated heterocycles. The minimum absolute atomic E-state index is 0.00113. The summed E-state index contributed by atoms with van der Waals surface area (Å²) in [4.78, 5) is 37.6. The molecule has 3 amide bonds. The number of nitrogens with one attached hydrogen (secondary N) is 1. The quantitative estimate of drug-likeness (QED) is 0.862. The van der Waals surface area contributed by atoms with Crippen LogP contribution < -0.4 is 5.32 Å². The number of imide groups is 1. The number of nitrogens with zero attached hydrogens (tertiary/aromatic N) is 1. The van der Waals surface area contributed by atoms with Crippen LogP contribution in [0.25, 0.3) is 0 Å². The molecule has 1 N–H and O–H groups in total. The number of benzene rings is 1. The molecule has 1 aromatic rings. The minimum atomic E-state index is -1.51. The van der Waals surface area contributed by atoms with Crippen molar-refractivity contribution in [1.29, 1.82) is 0 Å². The lowest BCUT2D eigenvalue weighted by Gasteiger charge is -2.37. The van der Waals surface area contributed by atoms with Crippen LogP contribution in [0.2, 0.25) is 0 Å². The van der Waals surface area contributed by atoms with Gasteiger partial charge in [-0.2, -0.15) is 0 Å². The van der Waals surface area contributed by atoms with E-state index in [1.807, 2.05) is 18.2 Å². The molecular weight excluding hydrogens is 300 g/mol. The number of amides is 3. The van der Waals surface area contributed by atoms with Crippen molar-refractivity contribution >= 4 is 18.1 Å². The van der Waals surface area contributed by atoms with Crippen LogP contribution in [0.3, 0.4) is 0 Å². The first kappa shape index (κ1) is 16.8. The van der Waals surface area contributed by atoms with Gasteiger partial charge in [0.25, 0.3) is 0 Å². The molecule has 124 valence electrons. The van der Waals surface area contributed by atoms with E-state index in [0.29, 0.717) is 0 Å². The molecule has 1 aromatic carbocycles. The molecular formula is C16H20N2O5. The predicted molar refractivity (Wildman–Crippen MR) is 81.5 cm³/mol. The number of methoxy groups -OCH3 is 1. The molecule has 1 unspecified atom stereocenters. The van der Waals surface area contributed by atoms with Gasteiger partial charge in [-0.15, -0.1) is 0 Å². The Hall–Kier alpha value is -2.57. The van der Waals surface area contributed by atoms with E-state index >= 15 is 0 Å². The molecule has 1 fully saturated rings. The first-order chi connectivity index (χ1) is 10.7. The Morgan fingerprint density at radius 1 is 1.17 bits per heavy atom. The van der Waals surface area contributed by atoms with E-state index in [4.69, 9.17) is 9.47 Å². The van der Waals surface area contributed by atoms with Crippen LogP contribution in [-0.2, 0) is 20.9 Å². The first-order valence-corrected chi connectivity index (χ1v) is 7.15. The van der Waals surface area contributed by atoms with E-state index in [9.17, 15) is 14.4 Å². The maximum Gasteiger partial charge on any atom is 0.419 e. The van der Waals surface area contributed by atoms with Crippen LogP contribution in [0.1, 0.15) is 26.3 Å². The fourth-order valence-corrected chi connectivity index (χ4v) is 2.52. The second-order valence-corrected chi connectivity index (χ2v) is 5.99. The van der Waals surface area contributed by atoms with Crippen molar-refractivity contribution in [2.24, 2.45) is 0 Å². The Labute approximate surface area is 134 Å². The molecule has 0 spiro atoms. The van der Waals surface area contributed by atoms with Gasteiger partial charge >= 0.3 is 18.1 Å². The number of hydrogen-bond donors (Lipinski definition) is 1. The number of carbonyl (C=O) groups is 3. The van der Waals surface area contributed by atoms with Gasteiger partial charge in [0.2, 0.25) is 0 Å². The minimum Gasteiger partial charge on any atom is -0.467 e. The lowest BCUT2D eigenvalue weighted by molar-refractivity contribution is -0.153. The molecule has 1 heterocycles. The van der Waals surface area contributed by atoms with E-state index in [2.05, 4.69) is 5.32 Å². The number of urea groups is 1. The van der Waals surface area contributed by atoms with E-state index in [0.717, 1.165) is 10.5 Å². The fraction of sp³-hybridized carbons (Fsp3) is 0.438. The van der Waals surface area contributed by atoms with Crippen LogP contribution in [0.5, 0.6) is 0 Å². The van der Waals surface area contributed by atoms with Crippen LogP contribution in [0, 0.1) is 0 Å². The van der Waals surface area contributed by atoms with Gasteiger partial charge in [-0.25, -0.2) is 19.3 Å². The smallest absolute Gasteiger partial charge is 0.419 e. The summed E-state index contributed by atoms with van der Waals surface area (Å²) in [6, 6.07) is 8.36. The maximum absolute atomic E-state index is 12.4. The van der Waals surface area contributed by atoms with E-state index in [1.165, 1.54) is 14.0 Å². The summed E-state index contributed by atoms with van der Waals surface area (Å²) in [6.07, 6.45) is -0.898. The van der Waals surface area contributed by atoms with Crippen molar-refractivity contribution in [2.75, 3.05) is 7.11 Å². The summed E-state index contributed by atoms with van der Waals surface area (Å²) in [6.45, 7) is 4.76. The molecule has 1 aliphatic heterocycles. The summed E-state index contributed by atoms with van der Waals surface area (Å²) >= 11 is 0. The van der Waals surface area contributed by atoms with E-state index in [-0.39, 0.29) is 6.61 Å². The highest BCUT2D eigenvalue weighted by Crippen LogP contribution is 2.36. The Balaban J connectivity index is 2.23. The molecule has 0 aliphatic carbocycles. The number of rotatable bonds is 3. The normalized spacial score (nSPS) is 22.4. The molecule has 7 heteroatoms. The molecule has 7 nitrogen and oxygen atoms in total. The lowest BCUT2D eigenvalue weighted by Crippen LogP contribution is -2.62. The van der Waals surface area contributed by atoms with Crippen LogP contribution >= 0.6 is 0 Å².